The molecule has 1 N–H and O–H groups in total. The number of sulfonamides is 1. The maximum absolute atomic E-state index is 12.9. The molecular weight excluding hydrogens is 354 g/mol. The maximum Gasteiger partial charge on any atom is 0.265 e. The van der Waals surface area contributed by atoms with E-state index in [0.29, 0.717) is 36.8 Å². The van der Waals surface area contributed by atoms with Crippen molar-refractivity contribution < 1.29 is 22.6 Å². The van der Waals surface area contributed by atoms with Crippen LogP contribution in [0, 0.1) is 0 Å². The Morgan fingerprint density at radius 2 is 1.85 bits per heavy atom. The van der Waals surface area contributed by atoms with Gasteiger partial charge in [0.15, 0.2) is 0 Å². The summed E-state index contributed by atoms with van der Waals surface area (Å²) in [5.41, 5.74) is 0.972. The number of fused-ring (bicyclic) bond motifs is 1. The van der Waals surface area contributed by atoms with Crippen molar-refractivity contribution in [3.05, 3.63) is 48.0 Å². The van der Waals surface area contributed by atoms with Gasteiger partial charge in [-0.2, -0.15) is 0 Å². The summed E-state index contributed by atoms with van der Waals surface area (Å²) in [5.74, 6) is 1.13. The standard InChI is InChI=1S/C19H21NO5S/c1-19(2)10-13-4-3-5-17(18(13)25-19)26(21,22)20-14-6-8-15(9-7-14)24-16-11-23-12-16/h3-9,16,20H,10-12H2,1-2H3. The topological polar surface area (TPSA) is 73.9 Å². The molecule has 2 aromatic carbocycles. The van der Waals surface area contributed by atoms with E-state index in [4.69, 9.17) is 14.2 Å². The van der Waals surface area contributed by atoms with Gasteiger partial charge in [-0.05, 0) is 49.7 Å². The predicted octanol–water partition coefficient (Wildman–Crippen LogP) is 2.98. The minimum Gasteiger partial charge on any atom is -0.486 e. The van der Waals surface area contributed by atoms with Crippen molar-refractivity contribution in [1.29, 1.82) is 0 Å². The molecule has 2 aliphatic heterocycles. The monoisotopic (exact) mass is 375 g/mol. The quantitative estimate of drug-likeness (QED) is 0.870. The SMILES string of the molecule is CC1(C)Cc2cccc(S(=O)(=O)Nc3ccc(OC4COC4)cc3)c2O1. The lowest BCUT2D eigenvalue weighted by Gasteiger charge is -2.26. The molecule has 0 saturated carbocycles. The van der Waals surface area contributed by atoms with E-state index in [1.165, 1.54) is 0 Å². The number of benzene rings is 2. The highest BCUT2D eigenvalue weighted by Crippen LogP contribution is 2.40. The highest BCUT2D eigenvalue weighted by atomic mass is 32.2. The lowest BCUT2D eigenvalue weighted by Crippen LogP contribution is -2.38. The number of nitrogens with one attached hydrogen (secondary N) is 1. The van der Waals surface area contributed by atoms with Gasteiger partial charge in [-0.3, -0.25) is 4.72 Å². The molecule has 4 rings (SSSR count). The Hall–Kier alpha value is -2.25. The number of hydrogen-bond acceptors (Lipinski definition) is 5. The number of hydrogen-bond donors (Lipinski definition) is 1. The van der Waals surface area contributed by atoms with E-state index in [1.807, 2.05) is 19.9 Å². The van der Waals surface area contributed by atoms with Gasteiger partial charge in [0.05, 0.1) is 13.2 Å². The third kappa shape index (κ3) is 3.37. The van der Waals surface area contributed by atoms with Crippen molar-refractivity contribution in [2.24, 2.45) is 0 Å². The Balaban J connectivity index is 1.54. The normalized spacial score (nSPS) is 18.5. The average Bonchev–Trinajstić information content (AvgIpc) is 2.85. The van der Waals surface area contributed by atoms with E-state index in [0.717, 1.165) is 5.56 Å². The first-order chi connectivity index (χ1) is 12.3. The van der Waals surface area contributed by atoms with Gasteiger partial charge < -0.3 is 14.2 Å². The molecule has 2 heterocycles. The number of ether oxygens (including phenoxy) is 3. The molecule has 2 aliphatic rings. The van der Waals surface area contributed by atoms with Crippen LogP contribution in [0.3, 0.4) is 0 Å². The lowest BCUT2D eigenvalue weighted by atomic mass is 10.0. The Morgan fingerprint density at radius 3 is 2.50 bits per heavy atom. The van der Waals surface area contributed by atoms with Crippen LogP contribution in [-0.2, 0) is 21.2 Å². The van der Waals surface area contributed by atoms with E-state index in [1.54, 1.807) is 36.4 Å². The highest BCUT2D eigenvalue weighted by Gasteiger charge is 2.34. The van der Waals surface area contributed by atoms with Crippen LogP contribution >= 0.6 is 0 Å². The van der Waals surface area contributed by atoms with Crippen LogP contribution < -0.4 is 14.2 Å². The van der Waals surface area contributed by atoms with E-state index in [-0.39, 0.29) is 11.0 Å². The summed E-state index contributed by atoms with van der Waals surface area (Å²) in [5, 5.41) is 0. The zero-order valence-corrected chi connectivity index (χ0v) is 15.5. The van der Waals surface area contributed by atoms with Gasteiger partial charge in [0.25, 0.3) is 10.0 Å². The molecule has 26 heavy (non-hydrogen) atoms. The van der Waals surface area contributed by atoms with Crippen molar-refractivity contribution in [2.75, 3.05) is 17.9 Å². The molecule has 0 bridgehead atoms. The Kier molecular flexibility index (Phi) is 4.08. The van der Waals surface area contributed by atoms with E-state index in [9.17, 15) is 8.42 Å². The fourth-order valence-corrected chi connectivity index (χ4v) is 4.32. The molecule has 7 heteroatoms. The Labute approximate surface area is 153 Å². The molecular formula is C19H21NO5S. The van der Waals surface area contributed by atoms with Gasteiger partial charge in [0, 0.05) is 12.1 Å². The fraction of sp³-hybridized carbons (Fsp3) is 0.368. The predicted molar refractivity (Wildman–Crippen MR) is 97.3 cm³/mol. The second-order valence-electron chi connectivity index (χ2n) is 7.19. The third-order valence-electron chi connectivity index (χ3n) is 4.36. The summed E-state index contributed by atoms with van der Waals surface area (Å²) >= 11 is 0. The largest absolute Gasteiger partial charge is 0.486 e. The zero-order valence-electron chi connectivity index (χ0n) is 14.7. The zero-order chi connectivity index (χ0) is 18.4. The first-order valence-corrected chi connectivity index (χ1v) is 9.99. The molecule has 6 nitrogen and oxygen atoms in total. The second kappa shape index (κ2) is 6.17. The maximum atomic E-state index is 12.9. The molecule has 0 unspecified atom stereocenters. The molecule has 0 amide bonds. The number of para-hydroxylation sites is 1. The van der Waals surface area contributed by atoms with Crippen LogP contribution in [0.1, 0.15) is 19.4 Å². The smallest absolute Gasteiger partial charge is 0.265 e. The van der Waals surface area contributed by atoms with Crippen LogP contribution in [0.4, 0.5) is 5.69 Å². The second-order valence-corrected chi connectivity index (χ2v) is 8.84. The van der Waals surface area contributed by atoms with Crippen molar-refractivity contribution in [3.8, 4) is 11.5 Å². The summed E-state index contributed by atoms with van der Waals surface area (Å²) in [6.07, 6.45) is 0.757. The molecule has 0 aromatic heterocycles. The van der Waals surface area contributed by atoms with Gasteiger partial charge in [0.2, 0.25) is 0 Å². The van der Waals surface area contributed by atoms with Crippen LogP contribution in [0.25, 0.3) is 0 Å². The molecule has 138 valence electrons. The first-order valence-electron chi connectivity index (χ1n) is 8.51. The van der Waals surface area contributed by atoms with Gasteiger partial charge >= 0.3 is 0 Å². The van der Waals surface area contributed by atoms with Gasteiger partial charge in [-0.25, -0.2) is 8.42 Å². The molecule has 0 radical (unpaired) electrons. The van der Waals surface area contributed by atoms with Gasteiger partial charge in [-0.15, -0.1) is 0 Å². The highest BCUT2D eigenvalue weighted by molar-refractivity contribution is 7.92. The minimum atomic E-state index is -3.75. The summed E-state index contributed by atoms with van der Waals surface area (Å²) in [4.78, 5) is 0.160. The average molecular weight is 375 g/mol. The minimum absolute atomic E-state index is 0.0740. The lowest BCUT2D eigenvalue weighted by molar-refractivity contribution is -0.0796. The molecule has 0 atom stereocenters. The van der Waals surface area contributed by atoms with Gasteiger partial charge in [0.1, 0.15) is 28.1 Å². The summed E-state index contributed by atoms with van der Waals surface area (Å²) in [6.45, 7) is 5.07. The Bertz CT molecular complexity index is 917. The number of rotatable bonds is 5. The van der Waals surface area contributed by atoms with Crippen LogP contribution in [-0.4, -0.2) is 33.3 Å². The van der Waals surface area contributed by atoms with Crippen LogP contribution in [0.2, 0.25) is 0 Å². The molecule has 1 fully saturated rings. The van der Waals surface area contributed by atoms with E-state index < -0.39 is 15.6 Å². The first kappa shape index (κ1) is 17.2. The van der Waals surface area contributed by atoms with Crippen molar-refractivity contribution >= 4 is 15.7 Å². The van der Waals surface area contributed by atoms with Crippen LogP contribution in [0.15, 0.2) is 47.4 Å². The summed E-state index contributed by atoms with van der Waals surface area (Å²) in [6, 6.07) is 12.1. The molecule has 0 aliphatic carbocycles. The van der Waals surface area contributed by atoms with E-state index in [2.05, 4.69) is 4.72 Å². The molecule has 0 spiro atoms. The Morgan fingerprint density at radius 1 is 1.12 bits per heavy atom. The molecule has 1 saturated heterocycles. The molecule has 2 aromatic rings. The fourth-order valence-electron chi connectivity index (χ4n) is 3.09. The van der Waals surface area contributed by atoms with Crippen molar-refractivity contribution in [3.63, 3.8) is 0 Å². The summed E-state index contributed by atoms with van der Waals surface area (Å²) < 4.78 is 44.9. The van der Waals surface area contributed by atoms with Crippen LogP contribution in [0.5, 0.6) is 11.5 Å². The van der Waals surface area contributed by atoms with Crippen molar-refractivity contribution in [1.82, 2.24) is 0 Å². The van der Waals surface area contributed by atoms with E-state index >= 15 is 0 Å². The van der Waals surface area contributed by atoms with Crippen molar-refractivity contribution in [2.45, 2.75) is 36.9 Å². The summed E-state index contributed by atoms with van der Waals surface area (Å²) in [7, 11) is -3.75. The third-order valence-corrected chi connectivity index (χ3v) is 5.77. The number of anilines is 1. The van der Waals surface area contributed by atoms with Gasteiger partial charge in [-0.1, -0.05) is 12.1 Å².